The van der Waals surface area contributed by atoms with Crippen LogP contribution in [0, 0.1) is 6.92 Å². The Labute approximate surface area is 108 Å². The lowest BCUT2D eigenvalue weighted by Gasteiger charge is -2.04. The zero-order chi connectivity index (χ0) is 12.7. The summed E-state index contributed by atoms with van der Waals surface area (Å²) in [5.74, 6) is -0.875. The van der Waals surface area contributed by atoms with E-state index in [0.29, 0.717) is 4.88 Å². The van der Waals surface area contributed by atoms with Crippen molar-refractivity contribution in [3.8, 4) is 5.00 Å². The van der Waals surface area contributed by atoms with Gasteiger partial charge in [-0.15, -0.1) is 11.3 Å². The lowest BCUT2D eigenvalue weighted by molar-refractivity contribution is 0.0702. The second-order valence-electron chi connectivity index (χ2n) is 4.12. The van der Waals surface area contributed by atoms with Gasteiger partial charge in [0.15, 0.2) is 0 Å². The van der Waals surface area contributed by atoms with Crippen molar-refractivity contribution in [1.82, 2.24) is 4.57 Å². The molecule has 3 aromatic rings. The summed E-state index contributed by atoms with van der Waals surface area (Å²) >= 11 is 1.29. The molecule has 2 heterocycles. The van der Waals surface area contributed by atoms with Gasteiger partial charge < -0.3 is 9.67 Å². The van der Waals surface area contributed by atoms with Crippen LogP contribution in [0.1, 0.15) is 15.4 Å². The number of nitrogens with zero attached hydrogens (tertiary/aromatic N) is 1. The van der Waals surface area contributed by atoms with E-state index in [0.717, 1.165) is 16.2 Å². The van der Waals surface area contributed by atoms with Gasteiger partial charge in [0.2, 0.25) is 0 Å². The van der Waals surface area contributed by atoms with Crippen LogP contribution in [-0.4, -0.2) is 15.6 Å². The van der Waals surface area contributed by atoms with Crippen LogP contribution >= 0.6 is 11.3 Å². The third-order valence-electron chi connectivity index (χ3n) is 2.92. The smallest absolute Gasteiger partial charge is 0.345 e. The van der Waals surface area contributed by atoms with E-state index in [-0.39, 0.29) is 0 Å². The highest BCUT2D eigenvalue weighted by atomic mass is 32.1. The fraction of sp³-hybridized carbons (Fsp3) is 0.0714. The minimum Gasteiger partial charge on any atom is -0.477 e. The zero-order valence-corrected chi connectivity index (χ0v) is 10.6. The minimum absolute atomic E-state index is 0.363. The number of fused-ring (bicyclic) bond motifs is 1. The van der Waals surface area contributed by atoms with Crippen molar-refractivity contribution >= 4 is 28.2 Å². The van der Waals surface area contributed by atoms with Gasteiger partial charge in [-0.25, -0.2) is 4.79 Å². The van der Waals surface area contributed by atoms with E-state index < -0.39 is 5.97 Å². The van der Waals surface area contributed by atoms with Gasteiger partial charge in [-0.2, -0.15) is 0 Å². The van der Waals surface area contributed by atoms with Crippen LogP contribution in [0.25, 0.3) is 15.9 Å². The fourth-order valence-electron chi connectivity index (χ4n) is 2.15. The van der Waals surface area contributed by atoms with Crippen molar-refractivity contribution in [2.75, 3.05) is 0 Å². The van der Waals surface area contributed by atoms with E-state index in [1.807, 2.05) is 31.2 Å². The van der Waals surface area contributed by atoms with E-state index in [4.69, 9.17) is 5.11 Å². The number of aromatic nitrogens is 1. The van der Waals surface area contributed by atoms with Gasteiger partial charge in [-0.1, -0.05) is 18.2 Å². The molecule has 3 rings (SSSR count). The van der Waals surface area contributed by atoms with Gasteiger partial charge in [0.25, 0.3) is 0 Å². The Balaban J connectivity index is 2.24. The molecule has 0 unspecified atom stereocenters. The number of thiophene rings is 1. The first-order valence-corrected chi connectivity index (χ1v) is 6.39. The number of hydrogen-bond donors (Lipinski definition) is 1. The van der Waals surface area contributed by atoms with Crippen molar-refractivity contribution in [1.29, 1.82) is 0 Å². The number of benzene rings is 1. The van der Waals surface area contributed by atoms with Crippen LogP contribution in [0.5, 0.6) is 0 Å². The van der Waals surface area contributed by atoms with Crippen molar-refractivity contribution in [2.45, 2.75) is 6.92 Å². The number of carbonyl (C=O) groups is 1. The maximum absolute atomic E-state index is 10.9. The number of aryl methyl sites for hydroxylation is 1. The molecule has 4 heteroatoms. The van der Waals surface area contributed by atoms with Gasteiger partial charge in [-0.05, 0) is 31.2 Å². The normalized spacial score (nSPS) is 10.9. The summed E-state index contributed by atoms with van der Waals surface area (Å²) in [6.45, 7) is 2.03. The van der Waals surface area contributed by atoms with Crippen molar-refractivity contribution in [3.05, 3.63) is 53.0 Å². The summed E-state index contributed by atoms with van der Waals surface area (Å²) in [5.41, 5.74) is 2.21. The molecule has 0 saturated heterocycles. The Kier molecular flexibility index (Phi) is 2.45. The highest BCUT2D eigenvalue weighted by molar-refractivity contribution is 7.16. The molecule has 1 aromatic carbocycles. The lowest BCUT2D eigenvalue weighted by Crippen LogP contribution is -1.93. The number of rotatable bonds is 2. The molecule has 0 aliphatic rings. The second kappa shape index (κ2) is 3.99. The monoisotopic (exact) mass is 257 g/mol. The van der Waals surface area contributed by atoms with Crippen molar-refractivity contribution < 1.29 is 9.90 Å². The maximum atomic E-state index is 10.9. The molecule has 0 aliphatic heterocycles. The van der Waals surface area contributed by atoms with Gasteiger partial charge >= 0.3 is 5.97 Å². The number of hydrogen-bond acceptors (Lipinski definition) is 2. The van der Waals surface area contributed by atoms with E-state index in [9.17, 15) is 4.79 Å². The lowest BCUT2D eigenvalue weighted by atomic mass is 10.2. The minimum atomic E-state index is -0.875. The Hall–Kier alpha value is -2.07. The van der Waals surface area contributed by atoms with E-state index in [1.165, 1.54) is 16.7 Å². The summed E-state index contributed by atoms with van der Waals surface area (Å²) in [6.07, 6.45) is 0. The molecule has 0 fully saturated rings. The van der Waals surface area contributed by atoms with Crippen LogP contribution in [0.2, 0.25) is 0 Å². The summed E-state index contributed by atoms with van der Waals surface area (Å²) < 4.78 is 2.09. The van der Waals surface area contributed by atoms with Crippen LogP contribution in [0.15, 0.2) is 42.5 Å². The second-order valence-corrected chi connectivity index (χ2v) is 5.19. The highest BCUT2D eigenvalue weighted by Crippen LogP contribution is 2.28. The van der Waals surface area contributed by atoms with Crippen LogP contribution < -0.4 is 0 Å². The van der Waals surface area contributed by atoms with E-state index in [1.54, 1.807) is 6.07 Å². The molecule has 0 radical (unpaired) electrons. The third kappa shape index (κ3) is 1.62. The first kappa shape index (κ1) is 11.0. The van der Waals surface area contributed by atoms with Crippen LogP contribution in [-0.2, 0) is 0 Å². The molecule has 1 N–H and O–H groups in total. The molecule has 0 spiro atoms. The number of aromatic carboxylic acids is 1. The Morgan fingerprint density at radius 3 is 2.72 bits per heavy atom. The molecule has 18 heavy (non-hydrogen) atoms. The first-order chi connectivity index (χ1) is 8.66. The molecule has 0 saturated carbocycles. The first-order valence-electron chi connectivity index (χ1n) is 5.57. The third-order valence-corrected chi connectivity index (χ3v) is 3.98. The van der Waals surface area contributed by atoms with E-state index >= 15 is 0 Å². The Bertz CT molecular complexity index is 739. The molecule has 3 nitrogen and oxygen atoms in total. The van der Waals surface area contributed by atoms with Crippen molar-refractivity contribution in [2.24, 2.45) is 0 Å². The molecule has 2 aromatic heterocycles. The fourth-order valence-corrected chi connectivity index (χ4v) is 3.07. The maximum Gasteiger partial charge on any atom is 0.345 e. The number of para-hydroxylation sites is 1. The standard InChI is InChI=1S/C14H11NO2S/c1-9-8-10-4-2-3-5-11(10)15(9)13-7-6-12(18-13)14(16)17/h2-8H,1H3,(H,16,17). The zero-order valence-electron chi connectivity index (χ0n) is 9.75. The quantitative estimate of drug-likeness (QED) is 0.760. The predicted molar refractivity (Wildman–Crippen MR) is 72.8 cm³/mol. The van der Waals surface area contributed by atoms with Gasteiger partial charge in [0.05, 0.1) is 5.52 Å². The molecule has 0 atom stereocenters. The summed E-state index contributed by atoms with van der Waals surface area (Å²) in [4.78, 5) is 11.3. The summed E-state index contributed by atoms with van der Waals surface area (Å²) in [7, 11) is 0. The molecule has 0 aliphatic carbocycles. The summed E-state index contributed by atoms with van der Waals surface area (Å²) in [6, 6.07) is 13.7. The largest absolute Gasteiger partial charge is 0.477 e. The van der Waals surface area contributed by atoms with E-state index in [2.05, 4.69) is 16.7 Å². The highest BCUT2D eigenvalue weighted by Gasteiger charge is 2.12. The van der Waals surface area contributed by atoms with Gasteiger partial charge in [0.1, 0.15) is 9.88 Å². The van der Waals surface area contributed by atoms with Crippen LogP contribution in [0.3, 0.4) is 0 Å². The predicted octanol–water partition coefficient (Wildman–Crippen LogP) is 3.70. The molecule has 90 valence electrons. The van der Waals surface area contributed by atoms with Crippen LogP contribution in [0.4, 0.5) is 0 Å². The SMILES string of the molecule is Cc1cc2ccccc2n1-c1ccc(C(=O)O)s1. The topological polar surface area (TPSA) is 42.2 Å². The molecular formula is C14H11NO2S. The Morgan fingerprint density at radius 2 is 2.00 bits per heavy atom. The van der Waals surface area contributed by atoms with Gasteiger partial charge in [0, 0.05) is 11.1 Å². The van der Waals surface area contributed by atoms with Gasteiger partial charge in [-0.3, -0.25) is 0 Å². The average molecular weight is 257 g/mol. The molecular weight excluding hydrogens is 246 g/mol. The molecule has 0 amide bonds. The van der Waals surface area contributed by atoms with Crippen molar-refractivity contribution in [3.63, 3.8) is 0 Å². The average Bonchev–Trinajstić information content (AvgIpc) is 2.91. The molecule has 0 bridgehead atoms. The number of carboxylic acids is 1. The summed E-state index contributed by atoms with van der Waals surface area (Å²) in [5, 5.41) is 11.1. The number of carboxylic acid groups (broad SMARTS) is 1. The Morgan fingerprint density at radius 1 is 1.22 bits per heavy atom.